The van der Waals surface area contributed by atoms with E-state index in [1.54, 1.807) is 6.08 Å². The van der Waals surface area contributed by atoms with Crippen molar-refractivity contribution in [3.63, 3.8) is 0 Å². The van der Waals surface area contributed by atoms with Crippen molar-refractivity contribution in [3.05, 3.63) is 35.9 Å². The van der Waals surface area contributed by atoms with Gasteiger partial charge < -0.3 is 9.84 Å². The van der Waals surface area contributed by atoms with Crippen LogP contribution in [0.3, 0.4) is 0 Å². The average molecular weight is 280 g/mol. The number of carbonyl (C=O) groups is 1. The highest BCUT2D eigenvalue weighted by atomic mass is 32.2. The van der Waals surface area contributed by atoms with Crippen LogP contribution in [-0.2, 0) is 4.79 Å². The quantitative estimate of drug-likeness (QED) is 0.553. The highest BCUT2D eigenvalue weighted by Gasteiger charge is 1.95. The van der Waals surface area contributed by atoms with Gasteiger partial charge in [0.05, 0.1) is 6.61 Å². The SMILES string of the molecule is CCCCSCCOc1ccc(C=CC(=O)O)cc1. The molecule has 0 radical (unpaired) electrons. The number of carboxylic acids is 1. The molecule has 19 heavy (non-hydrogen) atoms. The number of hydrogen-bond acceptors (Lipinski definition) is 3. The monoisotopic (exact) mass is 280 g/mol. The van der Waals surface area contributed by atoms with E-state index in [9.17, 15) is 4.79 Å². The zero-order valence-corrected chi connectivity index (χ0v) is 12.0. The molecule has 0 amide bonds. The van der Waals surface area contributed by atoms with Crippen molar-refractivity contribution in [1.82, 2.24) is 0 Å². The number of rotatable bonds is 9. The highest BCUT2D eigenvalue weighted by Crippen LogP contribution is 2.14. The molecule has 0 saturated carbocycles. The van der Waals surface area contributed by atoms with E-state index in [4.69, 9.17) is 9.84 Å². The minimum atomic E-state index is -0.940. The van der Waals surface area contributed by atoms with Gasteiger partial charge in [-0.25, -0.2) is 4.79 Å². The molecule has 0 spiro atoms. The summed E-state index contributed by atoms with van der Waals surface area (Å²) in [6.45, 7) is 2.90. The molecule has 0 fully saturated rings. The molecule has 104 valence electrons. The van der Waals surface area contributed by atoms with Crippen molar-refractivity contribution in [2.24, 2.45) is 0 Å². The van der Waals surface area contributed by atoms with E-state index in [0.717, 1.165) is 23.1 Å². The molecule has 0 bridgehead atoms. The lowest BCUT2D eigenvalue weighted by Crippen LogP contribution is -2.00. The second kappa shape index (κ2) is 9.50. The van der Waals surface area contributed by atoms with Gasteiger partial charge in [-0.15, -0.1) is 0 Å². The van der Waals surface area contributed by atoms with Crippen LogP contribution >= 0.6 is 11.8 Å². The molecule has 0 saturated heterocycles. The molecule has 0 heterocycles. The fourth-order valence-corrected chi connectivity index (χ4v) is 2.31. The lowest BCUT2D eigenvalue weighted by molar-refractivity contribution is -0.131. The maximum absolute atomic E-state index is 10.4. The van der Waals surface area contributed by atoms with Crippen molar-refractivity contribution in [2.75, 3.05) is 18.1 Å². The minimum absolute atomic E-state index is 0.707. The van der Waals surface area contributed by atoms with Crippen molar-refractivity contribution in [3.8, 4) is 5.75 Å². The molecule has 1 N–H and O–H groups in total. The van der Waals surface area contributed by atoms with Crippen molar-refractivity contribution >= 4 is 23.8 Å². The third-order valence-electron chi connectivity index (χ3n) is 2.44. The predicted molar refractivity (Wildman–Crippen MR) is 80.8 cm³/mol. The number of ether oxygens (including phenoxy) is 1. The summed E-state index contributed by atoms with van der Waals surface area (Å²) in [5, 5.41) is 8.52. The molecule has 1 aromatic rings. The van der Waals surface area contributed by atoms with Crippen LogP contribution in [0.1, 0.15) is 25.3 Å². The van der Waals surface area contributed by atoms with Crippen molar-refractivity contribution in [2.45, 2.75) is 19.8 Å². The molecule has 0 aliphatic carbocycles. The van der Waals surface area contributed by atoms with E-state index < -0.39 is 5.97 Å². The van der Waals surface area contributed by atoms with Crippen LogP contribution in [-0.4, -0.2) is 29.2 Å². The number of benzene rings is 1. The van der Waals surface area contributed by atoms with Gasteiger partial charge in [-0.05, 0) is 35.9 Å². The first kappa shape index (κ1) is 15.6. The summed E-state index contributed by atoms with van der Waals surface area (Å²) in [5.41, 5.74) is 0.854. The Labute approximate surface area is 118 Å². The smallest absolute Gasteiger partial charge is 0.328 e. The van der Waals surface area contributed by atoms with E-state index in [1.165, 1.54) is 18.6 Å². The molecule has 0 atom stereocenters. The van der Waals surface area contributed by atoms with Crippen LogP contribution in [0.2, 0.25) is 0 Å². The van der Waals surface area contributed by atoms with Gasteiger partial charge in [-0.3, -0.25) is 0 Å². The normalized spacial score (nSPS) is 10.8. The van der Waals surface area contributed by atoms with Crippen LogP contribution in [0.5, 0.6) is 5.75 Å². The Kier molecular flexibility index (Phi) is 7.82. The van der Waals surface area contributed by atoms with Crippen molar-refractivity contribution in [1.29, 1.82) is 0 Å². The Morgan fingerprint density at radius 2 is 2.05 bits per heavy atom. The zero-order valence-electron chi connectivity index (χ0n) is 11.2. The van der Waals surface area contributed by atoms with Crippen molar-refractivity contribution < 1.29 is 14.6 Å². The summed E-state index contributed by atoms with van der Waals surface area (Å²) in [6.07, 6.45) is 5.18. The topological polar surface area (TPSA) is 46.5 Å². The van der Waals surface area contributed by atoms with Crippen LogP contribution in [0.15, 0.2) is 30.3 Å². The predicted octanol–water partition coefficient (Wildman–Crippen LogP) is 3.70. The van der Waals surface area contributed by atoms with E-state index in [2.05, 4.69) is 6.92 Å². The van der Waals surface area contributed by atoms with E-state index in [-0.39, 0.29) is 0 Å². The molecule has 1 aromatic carbocycles. The first-order valence-electron chi connectivity index (χ1n) is 6.44. The fraction of sp³-hybridized carbons (Fsp3) is 0.400. The van der Waals surface area contributed by atoms with Crippen LogP contribution in [0, 0.1) is 0 Å². The average Bonchev–Trinajstić information content (AvgIpc) is 2.41. The van der Waals surface area contributed by atoms with Gasteiger partial charge in [0.2, 0.25) is 0 Å². The third-order valence-corrected chi connectivity index (χ3v) is 3.47. The molecular formula is C15H20O3S. The largest absolute Gasteiger partial charge is 0.493 e. The molecule has 0 aliphatic heterocycles. The molecule has 1 rings (SSSR count). The van der Waals surface area contributed by atoms with Crippen LogP contribution in [0.4, 0.5) is 0 Å². The lowest BCUT2D eigenvalue weighted by atomic mass is 10.2. The minimum Gasteiger partial charge on any atom is -0.493 e. The Morgan fingerprint density at radius 3 is 2.68 bits per heavy atom. The molecular weight excluding hydrogens is 260 g/mol. The van der Waals surface area contributed by atoms with Gasteiger partial charge in [-0.1, -0.05) is 25.5 Å². The van der Waals surface area contributed by atoms with Gasteiger partial charge >= 0.3 is 5.97 Å². The van der Waals surface area contributed by atoms with E-state index in [0.29, 0.717) is 6.61 Å². The van der Waals surface area contributed by atoms with E-state index >= 15 is 0 Å². The molecule has 0 aromatic heterocycles. The molecule has 0 unspecified atom stereocenters. The van der Waals surface area contributed by atoms with Crippen LogP contribution < -0.4 is 4.74 Å². The summed E-state index contributed by atoms with van der Waals surface area (Å²) < 4.78 is 5.61. The van der Waals surface area contributed by atoms with E-state index in [1.807, 2.05) is 36.0 Å². The first-order chi connectivity index (χ1) is 9.22. The zero-order chi connectivity index (χ0) is 13.9. The number of hydrogen-bond donors (Lipinski definition) is 1. The molecule has 3 nitrogen and oxygen atoms in total. The number of unbranched alkanes of at least 4 members (excludes halogenated alkanes) is 1. The number of thioether (sulfide) groups is 1. The maximum Gasteiger partial charge on any atom is 0.328 e. The van der Waals surface area contributed by atoms with Gasteiger partial charge in [0.25, 0.3) is 0 Å². The summed E-state index contributed by atoms with van der Waals surface area (Å²) in [6, 6.07) is 7.41. The Bertz CT molecular complexity index is 398. The van der Waals surface area contributed by atoms with Crippen LogP contribution in [0.25, 0.3) is 6.08 Å². The Hall–Kier alpha value is -1.42. The highest BCUT2D eigenvalue weighted by molar-refractivity contribution is 7.99. The third kappa shape index (κ3) is 7.57. The standard InChI is InChI=1S/C15H20O3S/c1-2-3-11-19-12-10-18-14-7-4-13(5-8-14)6-9-15(16)17/h4-9H,2-3,10-12H2,1H3,(H,16,17). The lowest BCUT2D eigenvalue weighted by Gasteiger charge is -2.06. The summed E-state index contributed by atoms with van der Waals surface area (Å²) in [5.74, 6) is 2.08. The van der Waals surface area contributed by atoms with Gasteiger partial charge in [0.15, 0.2) is 0 Å². The Morgan fingerprint density at radius 1 is 1.32 bits per heavy atom. The number of carboxylic acid groups (broad SMARTS) is 1. The fourth-order valence-electron chi connectivity index (χ4n) is 1.41. The van der Waals surface area contributed by atoms with Gasteiger partial charge in [0.1, 0.15) is 5.75 Å². The van der Waals surface area contributed by atoms with Gasteiger partial charge in [0, 0.05) is 11.8 Å². The summed E-state index contributed by atoms with van der Waals surface area (Å²) >= 11 is 1.91. The van der Waals surface area contributed by atoms with Gasteiger partial charge in [-0.2, -0.15) is 11.8 Å². The summed E-state index contributed by atoms with van der Waals surface area (Å²) in [4.78, 5) is 10.4. The maximum atomic E-state index is 10.4. The molecule has 4 heteroatoms. The molecule has 0 aliphatic rings. The number of aliphatic carboxylic acids is 1. The Balaban J connectivity index is 2.26. The second-order valence-electron chi connectivity index (χ2n) is 4.05. The summed E-state index contributed by atoms with van der Waals surface area (Å²) in [7, 11) is 0. The second-order valence-corrected chi connectivity index (χ2v) is 5.28. The first-order valence-corrected chi connectivity index (χ1v) is 7.59.